The number of hydrogen-bond acceptors (Lipinski definition) is 5. The number of ether oxygens (including phenoxy) is 1. The van der Waals surface area contributed by atoms with Crippen LogP contribution >= 0.6 is 13.5 Å². The predicted octanol–water partition coefficient (Wildman–Crippen LogP) is 0.896. The standard InChI is InChI=1S/C18H23N3O5.H2S/c1-12-10-26-16-8-14(17(23)19-25)2-3-15(16)9-21(12)18(24)13-4-6-20(11-22)7-5-13;/h2-3,8,11-13,25H,4-7,9-10H2,1H3,(H,19,23);1H2/t12-;/m0./s1. The first-order valence-electron chi connectivity index (χ1n) is 8.73. The van der Waals surface area contributed by atoms with Gasteiger partial charge < -0.3 is 14.5 Å². The minimum absolute atomic E-state index is 0. The van der Waals surface area contributed by atoms with Gasteiger partial charge in [-0.05, 0) is 31.9 Å². The molecule has 8 nitrogen and oxygen atoms in total. The summed E-state index contributed by atoms with van der Waals surface area (Å²) in [6.07, 6.45) is 2.17. The number of rotatable bonds is 3. The number of amides is 3. The van der Waals surface area contributed by atoms with Crippen molar-refractivity contribution in [2.24, 2.45) is 5.92 Å². The summed E-state index contributed by atoms with van der Waals surface area (Å²) in [5.41, 5.74) is 2.72. The number of hydroxylamine groups is 1. The Hall–Kier alpha value is -2.26. The van der Waals surface area contributed by atoms with Crippen LogP contribution in [0.5, 0.6) is 5.75 Å². The summed E-state index contributed by atoms with van der Waals surface area (Å²) >= 11 is 0. The van der Waals surface area contributed by atoms with E-state index >= 15 is 0 Å². The summed E-state index contributed by atoms with van der Waals surface area (Å²) in [5, 5.41) is 8.77. The van der Waals surface area contributed by atoms with Crippen LogP contribution in [0.3, 0.4) is 0 Å². The maximum atomic E-state index is 13.0. The highest BCUT2D eigenvalue weighted by molar-refractivity contribution is 7.59. The molecule has 2 N–H and O–H groups in total. The Bertz CT molecular complexity index is 706. The molecule has 27 heavy (non-hydrogen) atoms. The van der Waals surface area contributed by atoms with Crippen LogP contribution in [-0.2, 0) is 16.1 Å². The van der Waals surface area contributed by atoms with Gasteiger partial charge in [0, 0.05) is 36.7 Å². The second-order valence-corrected chi connectivity index (χ2v) is 6.81. The molecule has 9 heteroatoms. The van der Waals surface area contributed by atoms with Crippen molar-refractivity contribution in [2.45, 2.75) is 32.4 Å². The lowest BCUT2D eigenvalue weighted by Crippen LogP contribution is -2.46. The molecular weight excluding hydrogens is 370 g/mol. The van der Waals surface area contributed by atoms with Gasteiger partial charge in [-0.25, -0.2) is 5.48 Å². The van der Waals surface area contributed by atoms with Gasteiger partial charge >= 0.3 is 0 Å². The monoisotopic (exact) mass is 395 g/mol. The van der Waals surface area contributed by atoms with Crippen LogP contribution in [0.15, 0.2) is 18.2 Å². The third-order valence-electron chi connectivity index (χ3n) is 5.09. The van der Waals surface area contributed by atoms with Gasteiger partial charge in [-0.15, -0.1) is 0 Å². The van der Waals surface area contributed by atoms with E-state index in [1.807, 2.05) is 11.8 Å². The van der Waals surface area contributed by atoms with Crippen molar-refractivity contribution in [3.8, 4) is 5.75 Å². The Morgan fingerprint density at radius 2 is 2.00 bits per heavy atom. The van der Waals surface area contributed by atoms with Gasteiger partial charge in [0.2, 0.25) is 12.3 Å². The smallest absolute Gasteiger partial charge is 0.274 e. The number of nitrogens with zero attached hydrogens (tertiary/aromatic N) is 2. The molecule has 1 aromatic carbocycles. The van der Waals surface area contributed by atoms with Gasteiger partial charge in [-0.3, -0.25) is 19.6 Å². The minimum Gasteiger partial charge on any atom is -0.491 e. The normalized spacial score (nSPS) is 19.9. The molecule has 0 saturated carbocycles. The highest BCUT2D eigenvalue weighted by Gasteiger charge is 2.32. The Morgan fingerprint density at radius 3 is 2.63 bits per heavy atom. The van der Waals surface area contributed by atoms with Crippen molar-refractivity contribution in [1.29, 1.82) is 0 Å². The molecule has 1 saturated heterocycles. The Kier molecular flexibility index (Phi) is 7.09. The molecule has 148 valence electrons. The summed E-state index contributed by atoms with van der Waals surface area (Å²) in [5.74, 6) is -0.0705. The van der Waals surface area contributed by atoms with Crippen LogP contribution in [-0.4, -0.2) is 59.0 Å². The lowest BCUT2D eigenvalue weighted by atomic mass is 9.94. The maximum absolute atomic E-state index is 13.0. The highest BCUT2D eigenvalue weighted by Crippen LogP contribution is 2.29. The summed E-state index contributed by atoms with van der Waals surface area (Å²) in [7, 11) is 0. The van der Waals surface area contributed by atoms with Crippen LogP contribution in [0.1, 0.15) is 35.7 Å². The molecule has 0 aromatic heterocycles. The van der Waals surface area contributed by atoms with Crippen molar-refractivity contribution < 1.29 is 24.3 Å². The number of likely N-dealkylation sites (tertiary alicyclic amines) is 1. The van der Waals surface area contributed by atoms with Crippen molar-refractivity contribution in [2.75, 3.05) is 19.7 Å². The quantitative estimate of drug-likeness (QED) is 0.450. The second kappa shape index (κ2) is 9.09. The molecule has 0 radical (unpaired) electrons. The largest absolute Gasteiger partial charge is 0.491 e. The topological polar surface area (TPSA) is 99.2 Å². The second-order valence-electron chi connectivity index (χ2n) is 6.81. The van der Waals surface area contributed by atoms with Crippen molar-refractivity contribution >= 4 is 31.7 Å². The Labute approximate surface area is 164 Å². The van der Waals surface area contributed by atoms with E-state index in [0.717, 1.165) is 12.0 Å². The molecule has 0 unspecified atom stereocenters. The van der Waals surface area contributed by atoms with E-state index in [9.17, 15) is 14.4 Å². The molecule has 2 aliphatic heterocycles. The Balaban J connectivity index is 0.00000261. The van der Waals surface area contributed by atoms with E-state index in [-0.39, 0.29) is 31.4 Å². The number of nitrogens with one attached hydrogen (secondary N) is 1. The van der Waals surface area contributed by atoms with E-state index in [1.165, 1.54) is 0 Å². The molecule has 3 rings (SSSR count). The van der Waals surface area contributed by atoms with E-state index in [0.29, 0.717) is 50.4 Å². The predicted molar refractivity (Wildman–Crippen MR) is 102 cm³/mol. The van der Waals surface area contributed by atoms with Crippen molar-refractivity contribution in [3.63, 3.8) is 0 Å². The van der Waals surface area contributed by atoms with E-state index < -0.39 is 5.91 Å². The number of piperidine rings is 1. The van der Waals surface area contributed by atoms with Crippen LogP contribution in [0.2, 0.25) is 0 Å². The van der Waals surface area contributed by atoms with Crippen molar-refractivity contribution in [3.05, 3.63) is 29.3 Å². The van der Waals surface area contributed by atoms with Crippen molar-refractivity contribution in [1.82, 2.24) is 15.3 Å². The van der Waals surface area contributed by atoms with Crippen LogP contribution in [0.25, 0.3) is 0 Å². The first-order chi connectivity index (χ1) is 12.5. The average molecular weight is 395 g/mol. The lowest BCUT2D eigenvalue weighted by molar-refractivity contribution is -0.141. The molecular formula is C18H25N3O5S. The zero-order valence-electron chi connectivity index (χ0n) is 15.2. The van der Waals surface area contributed by atoms with Crippen LogP contribution < -0.4 is 10.2 Å². The zero-order valence-corrected chi connectivity index (χ0v) is 16.2. The highest BCUT2D eigenvalue weighted by atomic mass is 32.1. The van der Waals surface area contributed by atoms with Gasteiger partial charge in [0.05, 0.1) is 6.04 Å². The molecule has 1 fully saturated rings. The van der Waals surface area contributed by atoms with Gasteiger partial charge in [0.1, 0.15) is 12.4 Å². The van der Waals surface area contributed by atoms with Gasteiger partial charge in [0.15, 0.2) is 0 Å². The molecule has 0 spiro atoms. The zero-order chi connectivity index (χ0) is 18.7. The van der Waals surface area contributed by atoms with Crippen LogP contribution in [0, 0.1) is 5.92 Å². The summed E-state index contributed by atoms with van der Waals surface area (Å²) < 4.78 is 5.79. The van der Waals surface area contributed by atoms with Crippen LogP contribution in [0.4, 0.5) is 0 Å². The third-order valence-corrected chi connectivity index (χ3v) is 5.09. The fraction of sp³-hybridized carbons (Fsp3) is 0.500. The summed E-state index contributed by atoms with van der Waals surface area (Å²) in [6.45, 7) is 3.88. The maximum Gasteiger partial charge on any atom is 0.274 e. The molecule has 1 aromatic rings. The number of benzene rings is 1. The Morgan fingerprint density at radius 1 is 1.30 bits per heavy atom. The van der Waals surface area contributed by atoms with Gasteiger partial charge in [0.25, 0.3) is 5.91 Å². The van der Waals surface area contributed by atoms with E-state index in [4.69, 9.17) is 9.94 Å². The molecule has 3 amide bonds. The van der Waals surface area contributed by atoms with Gasteiger partial charge in [-0.2, -0.15) is 13.5 Å². The number of hydrogen-bond donors (Lipinski definition) is 2. The number of fused-ring (bicyclic) bond motifs is 1. The fourth-order valence-corrected chi connectivity index (χ4v) is 3.45. The third kappa shape index (κ3) is 4.54. The fourth-order valence-electron chi connectivity index (χ4n) is 3.45. The van der Waals surface area contributed by atoms with Gasteiger partial charge in [-0.1, -0.05) is 6.07 Å². The number of carbonyl (C=O) groups is 3. The summed E-state index contributed by atoms with van der Waals surface area (Å²) in [4.78, 5) is 38.9. The van der Waals surface area contributed by atoms with E-state index in [1.54, 1.807) is 28.6 Å². The average Bonchev–Trinajstić information content (AvgIpc) is 2.85. The molecule has 1 atom stereocenters. The lowest BCUT2D eigenvalue weighted by Gasteiger charge is -2.34. The molecule has 0 bridgehead atoms. The first kappa shape index (κ1) is 21.0. The number of carbonyl (C=O) groups excluding carboxylic acids is 3. The molecule has 2 aliphatic rings. The van der Waals surface area contributed by atoms with E-state index in [2.05, 4.69) is 0 Å². The molecule has 0 aliphatic carbocycles. The first-order valence-corrected chi connectivity index (χ1v) is 8.73. The minimum atomic E-state index is -0.608. The molecule has 2 heterocycles. The SMILES string of the molecule is C[C@H]1COc2cc(C(=O)NO)ccc2CN1C(=O)C1CCN(C=O)CC1.S. The summed E-state index contributed by atoms with van der Waals surface area (Å²) in [6, 6.07) is 4.81.